The van der Waals surface area contributed by atoms with Crippen LogP contribution in [-0.2, 0) is 20.0 Å². The maximum Gasteiger partial charge on any atom is 0.431 e. The molecule has 0 heterocycles. The molecular formula is C33H54Cl2F24N4O4S2. The van der Waals surface area contributed by atoms with Crippen LogP contribution < -0.4 is 21.9 Å². The van der Waals surface area contributed by atoms with Crippen LogP contribution in [0.4, 0.5) is 105 Å². The van der Waals surface area contributed by atoms with Gasteiger partial charge >= 0.3 is 48.4 Å². The van der Waals surface area contributed by atoms with Gasteiger partial charge in [-0.2, -0.15) is 79.0 Å². The Labute approximate surface area is 394 Å². The molecule has 0 aromatic carbocycles. The zero-order chi connectivity index (χ0) is 54.5. The summed E-state index contributed by atoms with van der Waals surface area (Å²) in [4.78, 5) is 1.66. The van der Waals surface area contributed by atoms with Gasteiger partial charge in [-0.25, -0.2) is 52.6 Å². The number of nitrogens with one attached hydrogen (secondary N) is 2. The van der Waals surface area contributed by atoms with Crippen molar-refractivity contribution in [1.29, 1.82) is 0 Å². The van der Waals surface area contributed by atoms with Crippen LogP contribution in [0.1, 0.15) is 58.8 Å². The molecule has 424 valence electrons. The SMILES string of the molecule is C.CCl.CN(C)CCCNS(=O)(=O)CCC(CC(F)(F)CC(F)(C(F)(F)F)C(F)(F)F)C(F)(F)F.C[N+](C)(C)CCCNS(=O)(=O)CCC(CC(F)(F)CC(F)(C(F)(F)F)C(F)(F)F)C(F)(F)F.[Cl-]. The highest BCUT2D eigenvalue weighted by Crippen LogP contribution is 2.54. The van der Waals surface area contributed by atoms with E-state index in [1.807, 2.05) is 9.44 Å². The third kappa shape index (κ3) is 29.2. The molecule has 0 radical (unpaired) electrons. The van der Waals surface area contributed by atoms with Crippen molar-refractivity contribution in [3.05, 3.63) is 0 Å². The molecule has 0 bridgehead atoms. The van der Waals surface area contributed by atoms with E-state index in [9.17, 15) is 122 Å². The smallest absolute Gasteiger partial charge is 0.431 e. The van der Waals surface area contributed by atoms with Gasteiger partial charge < -0.3 is 21.8 Å². The lowest BCUT2D eigenvalue weighted by Gasteiger charge is -2.34. The van der Waals surface area contributed by atoms with Gasteiger partial charge in [0, 0.05) is 38.7 Å². The second-order valence-electron chi connectivity index (χ2n) is 16.1. The fraction of sp³-hybridized carbons (Fsp3) is 1.00. The molecule has 0 aliphatic carbocycles. The Morgan fingerprint density at radius 3 is 0.986 bits per heavy atom. The number of sulfonamides is 2. The van der Waals surface area contributed by atoms with Gasteiger partial charge in [0.2, 0.25) is 20.0 Å². The molecule has 0 saturated carbocycles. The first-order chi connectivity index (χ1) is 29.2. The van der Waals surface area contributed by atoms with E-state index in [2.05, 4.69) is 11.6 Å². The number of nitrogens with zero attached hydrogens (tertiary/aromatic N) is 2. The summed E-state index contributed by atoms with van der Waals surface area (Å²) in [5.41, 5.74) is -12.9. The highest BCUT2D eigenvalue weighted by atomic mass is 35.5. The Morgan fingerprint density at radius 2 is 0.768 bits per heavy atom. The molecule has 0 aliphatic heterocycles. The van der Waals surface area contributed by atoms with Crippen molar-refractivity contribution in [2.75, 3.05) is 79.3 Å². The van der Waals surface area contributed by atoms with E-state index in [1.165, 1.54) is 6.38 Å². The largest absolute Gasteiger partial charge is 1.00 e. The number of hydrogen-bond donors (Lipinski definition) is 2. The van der Waals surface area contributed by atoms with Gasteiger partial charge in [-0.3, -0.25) is 0 Å². The van der Waals surface area contributed by atoms with Crippen LogP contribution in [-0.4, -0.2) is 166 Å². The normalized spacial score (nSPS) is 15.2. The molecule has 0 aromatic heterocycles. The van der Waals surface area contributed by atoms with Crippen LogP contribution in [0.5, 0.6) is 0 Å². The van der Waals surface area contributed by atoms with Gasteiger partial charge in [0.05, 0.1) is 63.9 Å². The average molecular weight is 1160 g/mol. The summed E-state index contributed by atoms with van der Waals surface area (Å²) in [5, 5.41) is 0. The lowest BCUT2D eigenvalue weighted by molar-refractivity contribution is -0.870. The molecule has 69 heavy (non-hydrogen) atoms. The molecule has 36 heteroatoms. The van der Waals surface area contributed by atoms with Gasteiger partial charge in [-0.15, -0.1) is 11.6 Å². The summed E-state index contributed by atoms with van der Waals surface area (Å²) in [6.07, 6.45) is -52.5. The van der Waals surface area contributed by atoms with Crippen LogP contribution in [0.2, 0.25) is 0 Å². The maximum absolute atomic E-state index is 13.8. The minimum absolute atomic E-state index is 0. The third-order valence-electron chi connectivity index (χ3n) is 8.72. The van der Waals surface area contributed by atoms with Crippen molar-refractivity contribution in [3.8, 4) is 0 Å². The van der Waals surface area contributed by atoms with Crippen molar-refractivity contribution in [3.63, 3.8) is 0 Å². The van der Waals surface area contributed by atoms with Gasteiger partial charge in [-0.05, 0) is 39.9 Å². The molecular weight excluding hydrogens is 1110 g/mol. The lowest BCUT2D eigenvalue weighted by atomic mass is 9.89. The second-order valence-corrected chi connectivity index (χ2v) is 19.9. The third-order valence-corrected chi connectivity index (χ3v) is 11.6. The van der Waals surface area contributed by atoms with Crippen molar-refractivity contribution in [1.82, 2.24) is 14.3 Å². The minimum atomic E-state index is -6.87. The van der Waals surface area contributed by atoms with Crippen molar-refractivity contribution in [2.24, 2.45) is 11.8 Å². The van der Waals surface area contributed by atoms with Crippen LogP contribution >= 0.6 is 11.6 Å². The topological polar surface area (TPSA) is 95.6 Å². The Kier molecular flexibility index (Phi) is 30.8. The standard InChI is InChI=1S/C16H25F12N2O2S.C15H22F12N2O2S.CH3Cl.CH4.ClH/c1-30(2,3)7-4-6-29-33(31,32)8-5-11(14(20,21)22)9-12(17,18)10-13(19,15(23,24)25)16(26,27)28;1-29(2)6-3-5-28-32(30,31)7-4-10(13(19,20)21)8-11(16,17)9-12(18,14(22,23)24)15(25,26)27;1-2;;/h11,29H,4-10H2,1-3H3;10,28H,3-9H2,1-2H3;1H3;1H4;1H/q+1;;;;/p-1. The number of hydrogen-bond acceptors (Lipinski definition) is 5. The number of alkyl halides is 25. The van der Waals surface area contributed by atoms with E-state index < -0.39 is 142 Å². The average Bonchev–Trinajstić information content (AvgIpc) is 3.06. The molecule has 2 unspecified atom stereocenters. The Bertz CT molecular complexity index is 1640. The number of rotatable bonds is 24. The fourth-order valence-electron chi connectivity index (χ4n) is 5.21. The first kappa shape index (κ1) is 76.6. The quantitative estimate of drug-likeness (QED) is 0.0443. The predicted molar refractivity (Wildman–Crippen MR) is 201 cm³/mol. The molecule has 0 fully saturated rings. The molecule has 0 rings (SSSR count). The van der Waals surface area contributed by atoms with Gasteiger partial charge in [0.1, 0.15) is 0 Å². The molecule has 2 atom stereocenters. The number of halogens is 26. The maximum atomic E-state index is 13.8. The fourth-order valence-corrected chi connectivity index (χ4v) is 7.60. The predicted octanol–water partition coefficient (Wildman–Crippen LogP) is 7.99. The summed E-state index contributed by atoms with van der Waals surface area (Å²) in [7, 11) is -0.247. The van der Waals surface area contributed by atoms with Crippen LogP contribution in [0.25, 0.3) is 0 Å². The van der Waals surface area contributed by atoms with Gasteiger partial charge in [0.25, 0.3) is 11.8 Å². The zero-order valence-corrected chi connectivity index (χ0v) is 39.4. The van der Waals surface area contributed by atoms with Crippen LogP contribution in [0.15, 0.2) is 0 Å². The van der Waals surface area contributed by atoms with E-state index in [-0.39, 0.29) is 45.8 Å². The van der Waals surface area contributed by atoms with Gasteiger partial charge in [0.15, 0.2) is 0 Å². The summed E-state index contributed by atoms with van der Waals surface area (Å²) >= 11 is 4.64. The molecule has 0 amide bonds. The summed E-state index contributed by atoms with van der Waals surface area (Å²) in [6.45, 7) is 0.438. The van der Waals surface area contributed by atoms with E-state index in [0.29, 0.717) is 17.6 Å². The van der Waals surface area contributed by atoms with E-state index >= 15 is 0 Å². The van der Waals surface area contributed by atoms with Gasteiger partial charge in [-0.1, -0.05) is 7.43 Å². The van der Waals surface area contributed by atoms with Crippen LogP contribution in [0, 0.1) is 11.8 Å². The zero-order valence-electron chi connectivity index (χ0n) is 36.2. The Morgan fingerprint density at radius 1 is 0.507 bits per heavy atom. The summed E-state index contributed by atoms with van der Waals surface area (Å²) in [6, 6.07) is 0. The van der Waals surface area contributed by atoms with Crippen molar-refractivity contribution >= 4 is 31.6 Å². The lowest BCUT2D eigenvalue weighted by Crippen LogP contribution is -3.00. The minimum Gasteiger partial charge on any atom is -1.00 e. The second kappa shape index (κ2) is 27.8. The molecule has 0 saturated heterocycles. The van der Waals surface area contributed by atoms with E-state index in [4.69, 9.17) is 0 Å². The first-order valence-electron chi connectivity index (χ1n) is 18.5. The molecule has 0 aromatic rings. The summed E-state index contributed by atoms with van der Waals surface area (Å²) in [5.74, 6) is -20.2. The van der Waals surface area contributed by atoms with Crippen molar-refractivity contribution in [2.45, 2.75) is 119 Å². The number of quaternary nitrogens is 1. The highest BCUT2D eigenvalue weighted by molar-refractivity contribution is 7.89. The van der Waals surface area contributed by atoms with E-state index in [1.54, 1.807) is 40.1 Å². The molecule has 2 N–H and O–H groups in total. The van der Waals surface area contributed by atoms with E-state index in [0.717, 1.165) is 0 Å². The van der Waals surface area contributed by atoms with Crippen molar-refractivity contribution < 1.29 is 139 Å². The summed E-state index contributed by atoms with van der Waals surface area (Å²) < 4.78 is 362. The molecule has 8 nitrogen and oxygen atoms in total. The first-order valence-corrected chi connectivity index (χ1v) is 22.5. The highest BCUT2D eigenvalue weighted by Gasteiger charge is 2.76. The monoisotopic (exact) mass is 1160 g/mol. The Hall–Kier alpha value is -1.36. The molecule has 0 aliphatic rings. The molecule has 0 spiro atoms. The van der Waals surface area contributed by atoms with Crippen LogP contribution in [0.3, 0.4) is 0 Å². The Balaban J connectivity index is -0.000000372.